The molecule has 0 amide bonds. The van der Waals surface area contributed by atoms with Gasteiger partial charge in [-0.25, -0.2) is 0 Å². The maximum absolute atomic E-state index is 11.3. The maximum atomic E-state index is 11.3. The van der Waals surface area contributed by atoms with Crippen LogP contribution in [0.3, 0.4) is 0 Å². The number of ether oxygens (including phenoxy) is 1. The lowest BCUT2D eigenvalue weighted by molar-refractivity contribution is 0.0662. The van der Waals surface area contributed by atoms with Crippen LogP contribution in [-0.4, -0.2) is 66.3 Å². The lowest BCUT2D eigenvalue weighted by Crippen LogP contribution is -2.49. The maximum Gasteiger partial charge on any atom is 0.159 e. The molecule has 0 aromatic heterocycles. The van der Waals surface area contributed by atoms with E-state index in [9.17, 15) is 15.0 Å². The van der Waals surface area contributed by atoms with Crippen molar-refractivity contribution in [3.8, 4) is 11.5 Å². The molecule has 0 saturated carbocycles. The van der Waals surface area contributed by atoms with Gasteiger partial charge in [-0.1, -0.05) is 12.1 Å². The molecule has 1 aliphatic heterocycles. The Morgan fingerprint density at radius 1 is 1.07 bits per heavy atom. The van der Waals surface area contributed by atoms with E-state index in [1.54, 1.807) is 30.3 Å². The van der Waals surface area contributed by atoms with E-state index in [-0.39, 0.29) is 12.4 Å². The number of phenols is 1. The number of carbonyl (C=O) groups is 1. The number of aliphatic hydroxyl groups is 1. The van der Waals surface area contributed by atoms with Crippen molar-refractivity contribution in [3.05, 3.63) is 54.1 Å². The topological polar surface area (TPSA) is 73.2 Å². The zero-order valence-electron chi connectivity index (χ0n) is 15.5. The Hall–Kier alpha value is -2.57. The average molecular weight is 370 g/mol. The average Bonchev–Trinajstić information content (AvgIpc) is 2.68. The van der Waals surface area contributed by atoms with Crippen LogP contribution < -0.4 is 9.64 Å². The van der Waals surface area contributed by atoms with Crippen LogP contribution in [-0.2, 0) is 0 Å². The summed E-state index contributed by atoms with van der Waals surface area (Å²) in [5.41, 5.74) is 1.50. The second-order valence-electron chi connectivity index (χ2n) is 6.82. The number of Topliss-reactive ketones (excluding diaryl/α,β-unsaturated/α-hetero) is 1. The number of β-amino-alcohol motifs (C(OH)–C–C–N with tert-alkyl or cyclic N) is 1. The molecule has 0 aliphatic carbocycles. The SMILES string of the molecule is CC(=O)c1ccc(OC[C@@H](O)CN2CCN(c3ccccc3O)CC2)cc1. The molecule has 1 saturated heterocycles. The van der Waals surface area contributed by atoms with Gasteiger partial charge < -0.3 is 19.8 Å². The first-order chi connectivity index (χ1) is 13.0. The van der Waals surface area contributed by atoms with Crippen molar-refractivity contribution in [1.82, 2.24) is 4.90 Å². The number of benzene rings is 2. The summed E-state index contributed by atoms with van der Waals surface area (Å²) < 4.78 is 5.62. The minimum atomic E-state index is -0.589. The summed E-state index contributed by atoms with van der Waals surface area (Å²) in [7, 11) is 0. The summed E-state index contributed by atoms with van der Waals surface area (Å²) >= 11 is 0. The lowest BCUT2D eigenvalue weighted by atomic mass is 10.1. The Morgan fingerprint density at radius 2 is 1.74 bits per heavy atom. The number of rotatable bonds is 7. The van der Waals surface area contributed by atoms with Crippen LogP contribution in [0.2, 0.25) is 0 Å². The lowest BCUT2D eigenvalue weighted by Gasteiger charge is -2.37. The summed E-state index contributed by atoms with van der Waals surface area (Å²) in [4.78, 5) is 15.6. The number of ketones is 1. The van der Waals surface area contributed by atoms with Crippen LogP contribution in [0, 0.1) is 0 Å². The van der Waals surface area contributed by atoms with Crippen LogP contribution >= 0.6 is 0 Å². The van der Waals surface area contributed by atoms with Crippen molar-refractivity contribution in [1.29, 1.82) is 0 Å². The number of phenolic OH excluding ortho intramolecular Hbond substituents is 1. The van der Waals surface area contributed by atoms with Crippen LogP contribution in [0.4, 0.5) is 5.69 Å². The second kappa shape index (κ2) is 8.88. The fourth-order valence-electron chi connectivity index (χ4n) is 3.23. The number of hydrogen-bond acceptors (Lipinski definition) is 6. The molecule has 144 valence electrons. The number of anilines is 1. The number of aliphatic hydroxyl groups excluding tert-OH is 1. The van der Waals surface area contributed by atoms with Crippen molar-refractivity contribution < 1.29 is 19.7 Å². The Morgan fingerprint density at radius 3 is 2.37 bits per heavy atom. The van der Waals surface area contributed by atoms with E-state index in [1.165, 1.54) is 6.92 Å². The molecular weight excluding hydrogens is 344 g/mol. The van der Waals surface area contributed by atoms with E-state index in [1.807, 2.05) is 18.2 Å². The van der Waals surface area contributed by atoms with E-state index >= 15 is 0 Å². The first-order valence-corrected chi connectivity index (χ1v) is 9.20. The van der Waals surface area contributed by atoms with Crippen molar-refractivity contribution in [2.45, 2.75) is 13.0 Å². The third-order valence-electron chi connectivity index (χ3n) is 4.77. The van der Waals surface area contributed by atoms with Gasteiger partial charge in [-0.2, -0.15) is 0 Å². The molecule has 27 heavy (non-hydrogen) atoms. The smallest absolute Gasteiger partial charge is 0.159 e. The van der Waals surface area contributed by atoms with E-state index in [2.05, 4.69) is 9.80 Å². The Balaban J connectivity index is 1.42. The molecular formula is C21H26N2O4. The van der Waals surface area contributed by atoms with Crippen molar-refractivity contribution >= 4 is 11.5 Å². The van der Waals surface area contributed by atoms with Gasteiger partial charge in [-0.05, 0) is 43.3 Å². The summed E-state index contributed by atoms with van der Waals surface area (Å²) in [6.45, 7) is 5.52. The van der Waals surface area contributed by atoms with Gasteiger partial charge in [0, 0.05) is 38.3 Å². The molecule has 6 heteroatoms. The largest absolute Gasteiger partial charge is 0.506 e. The Bertz CT molecular complexity index is 755. The van der Waals surface area contributed by atoms with Crippen LogP contribution in [0.5, 0.6) is 11.5 Å². The van der Waals surface area contributed by atoms with Gasteiger partial charge in [0.2, 0.25) is 0 Å². The van der Waals surface area contributed by atoms with Gasteiger partial charge in [0.25, 0.3) is 0 Å². The van der Waals surface area contributed by atoms with Gasteiger partial charge in [0.15, 0.2) is 5.78 Å². The normalized spacial score (nSPS) is 16.1. The predicted octanol–water partition coefficient (Wildman–Crippen LogP) is 2.16. The highest BCUT2D eigenvalue weighted by atomic mass is 16.5. The minimum Gasteiger partial charge on any atom is -0.506 e. The summed E-state index contributed by atoms with van der Waals surface area (Å²) in [5.74, 6) is 0.961. The third-order valence-corrected chi connectivity index (χ3v) is 4.77. The Labute approximate surface area is 159 Å². The number of aromatic hydroxyl groups is 1. The highest BCUT2D eigenvalue weighted by Gasteiger charge is 2.21. The molecule has 1 heterocycles. The van der Waals surface area contributed by atoms with Gasteiger partial charge in [0.05, 0.1) is 5.69 Å². The zero-order valence-corrected chi connectivity index (χ0v) is 15.5. The van der Waals surface area contributed by atoms with Gasteiger partial charge >= 0.3 is 0 Å². The van der Waals surface area contributed by atoms with Crippen molar-refractivity contribution in [2.24, 2.45) is 0 Å². The molecule has 1 fully saturated rings. The monoisotopic (exact) mass is 370 g/mol. The number of hydrogen-bond donors (Lipinski definition) is 2. The molecule has 0 radical (unpaired) electrons. The van der Waals surface area contributed by atoms with Crippen LogP contribution in [0.15, 0.2) is 48.5 Å². The highest BCUT2D eigenvalue weighted by molar-refractivity contribution is 5.94. The van der Waals surface area contributed by atoms with E-state index in [4.69, 9.17) is 4.74 Å². The Kier molecular flexibility index (Phi) is 6.32. The summed E-state index contributed by atoms with van der Waals surface area (Å²) in [5, 5.41) is 20.2. The molecule has 2 aromatic carbocycles. The van der Waals surface area contributed by atoms with Crippen molar-refractivity contribution in [2.75, 3.05) is 44.2 Å². The van der Waals surface area contributed by atoms with Gasteiger partial charge in [-0.15, -0.1) is 0 Å². The molecule has 2 aromatic rings. The number of carbonyl (C=O) groups excluding carboxylic acids is 1. The van der Waals surface area contributed by atoms with Gasteiger partial charge in [-0.3, -0.25) is 9.69 Å². The molecule has 2 N–H and O–H groups in total. The first-order valence-electron chi connectivity index (χ1n) is 9.20. The quantitative estimate of drug-likeness (QED) is 0.728. The predicted molar refractivity (Wildman–Crippen MR) is 105 cm³/mol. The van der Waals surface area contributed by atoms with E-state index in [0.29, 0.717) is 23.6 Å². The fraction of sp³-hybridized carbons (Fsp3) is 0.381. The van der Waals surface area contributed by atoms with E-state index in [0.717, 1.165) is 31.9 Å². The second-order valence-corrected chi connectivity index (χ2v) is 6.82. The standard InChI is InChI=1S/C21H26N2O4/c1-16(24)17-6-8-19(9-7-17)27-15-18(25)14-22-10-12-23(13-11-22)20-4-2-3-5-21(20)26/h2-9,18,25-26H,10-15H2,1H3/t18-/m0/s1. The summed E-state index contributed by atoms with van der Waals surface area (Å²) in [6.07, 6.45) is -0.589. The van der Waals surface area contributed by atoms with Crippen LogP contribution in [0.1, 0.15) is 17.3 Å². The van der Waals surface area contributed by atoms with E-state index < -0.39 is 6.10 Å². The molecule has 1 atom stereocenters. The molecule has 0 unspecified atom stereocenters. The zero-order chi connectivity index (χ0) is 19.2. The molecule has 3 rings (SSSR count). The molecule has 0 bridgehead atoms. The molecule has 6 nitrogen and oxygen atoms in total. The molecule has 0 spiro atoms. The molecule has 1 aliphatic rings. The highest BCUT2D eigenvalue weighted by Crippen LogP contribution is 2.27. The van der Waals surface area contributed by atoms with Gasteiger partial charge in [0.1, 0.15) is 24.2 Å². The number of nitrogens with zero attached hydrogens (tertiary/aromatic N) is 2. The number of para-hydroxylation sites is 2. The van der Waals surface area contributed by atoms with Crippen LogP contribution in [0.25, 0.3) is 0 Å². The third kappa shape index (κ3) is 5.21. The summed E-state index contributed by atoms with van der Waals surface area (Å²) in [6, 6.07) is 14.3. The first kappa shape index (κ1) is 19.2. The number of piperazine rings is 1. The van der Waals surface area contributed by atoms with Crippen molar-refractivity contribution in [3.63, 3.8) is 0 Å². The minimum absolute atomic E-state index is 0.0181. The fourth-order valence-corrected chi connectivity index (χ4v) is 3.23.